The predicted octanol–water partition coefficient (Wildman–Crippen LogP) is 2.27. The zero-order valence-electron chi connectivity index (χ0n) is 12.1. The van der Waals surface area contributed by atoms with Crippen LogP contribution in [0.4, 0.5) is 0 Å². The summed E-state index contributed by atoms with van der Waals surface area (Å²) in [6.07, 6.45) is 0. The average molecular weight is 260 g/mol. The molecule has 0 saturated heterocycles. The minimum atomic E-state index is 0.682. The lowest BCUT2D eigenvalue weighted by Crippen LogP contribution is -2.38. The van der Waals surface area contributed by atoms with Gasteiger partial charge in [-0.3, -0.25) is 0 Å². The second-order valence-electron chi connectivity index (χ2n) is 5.73. The van der Waals surface area contributed by atoms with Crippen LogP contribution in [0.15, 0.2) is 36.4 Å². The van der Waals surface area contributed by atoms with Gasteiger partial charge in [-0.25, -0.2) is 4.68 Å². The van der Waals surface area contributed by atoms with Crippen molar-refractivity contribution in [1.29, 1.82) is 0 Å². The first-order chi connectivity index (χ1) is 8.96. The Balaban J connectivity index is 2.13. The Labute approximate surface area is 114 Å². The van der Waals surface area contributed by atoms with E-state index in [0.29, 0.717) is 6.61 Å². The van der Waals surface area contributed by atoms with E-state index in [1.165, 1.54) is 0 Å². The second kappa shape index (κ2) is 5.45. The molecule has 0 amide bonds. The van der Waals surface area contributed by atoms with Crippen LogP contribution in [0, 0.1) is 6.92 Å². The summed E-state index contributed by atoms with van der Waals surface area (Å²) < 4.78 is 8.61. The molecule has 2 aromatic rings. The zero-order chi connectivity index (χ0) is 13.9. The first-order valence-electron chi connectivity index (χ1n) is 6.51. The van der Waals surface area contributed by atoms with Crippen molar-refractivity contribution in [1.82, 2.24) is 9.78 Å². The van der Waals surface area contributed by atoms with Crippen LogP contribution in [0.2, 0.25) is 0 Å². The molecule has 2 rings (SSSR count). The maximum Gasteiger partial charge on any atom is 0.217 e. The van der Waals surface area contributed by atoms with Crippen LogP contribution in [0.25, 0.3) is 5.69 Å². The number of nitrogens with zero attached hydrogens (tertiary/aromatic N) is 3. The molecule has 0 fully saturated rings. The molecule has 1 aromatic carbocycles. The molecule has 0 atom stereocenters. The van der Waals surface area contributed by atoms with Crippen molar-refractivity contribution < 1.29 is 9.22 Å². The Kier molecular flexibility index (Phi) is 3.90. The molecule has 0 aliphatic rings. The predicted molar refractivity (Wildman–Crippen MR) is 76.7 cm³/mol. The maximum absolute atomic E-state index is 5.87. The summed E-state index contributed by atoms with van der Waals surface area (Å²) in [6.45, 7) is 3.62. The first-order valence-corrected chi connectivity index (χ1v) is 6.51. The van der Waals surface area contributed by atoms with Crippen LogP contribution >= 0.6 is 0 Å². The van der Waals surface area contributed by atoms with Gasteiger partial charge in [0.2, 0.25) is 5.88 Å². The molecule has 0 bridgehead atoms. The molecule has 19 heavy (non-hydrogen) atoms. The van der Waals surface area contributed by atoms with Crippen molar-refractivity contribution in [3.8, 4) is 11.6 Å². The molecule has 4 nitrogen and oxygen atoms in total. The van der Waals surface area contributed by atoms with Crippen molar-refractivity contribution in [3.63, 3.8) is 0 Å². The number of hydrogen-bond donors (Lipinski definition) is 0. The number of aromatic nitrogens is 2. The normalized spacial score (nSPS) is 11.6. The van der Waals surface area contributed by atoms with Crippen molar-refractivity contribution in [2.75, 3.05) is 34.3 Å². The largest absolute Gasteiger partial charge is 0.472 e. The minimum absolute atomic E-state index is 0.682. The van der Waals surface area contributed by atoms with Gasteiger partial charge in [0.25, 0.3) is 0 Å². The molecule has 0 radical (unpaired) electrons. The third-order valence-electron chi connectivity index (χ3n) is 2.81. The van der Waals surface area contributed by atoms with Crippen LogP contribution in [0.5, 0.6) is 5.88 Å². The van der Waals surface area contributed by atoms with Gasteiger partial charge < -0.3 is 9.22 Å². The Morgan fingerprint density at radius 3 is 2.47 bits per heavy atom. The molecule has 0 aliphatic heterocycles. The van der Waals surface area contributed by atoms with Gasteiger partial charge in [0.05, 0.1) is 32.5 Å². The fourth-order valence-corrected chi connectivity index (χ4v) is 1.76. The van der Waals surface area contributed by atoms with Gasteiger partial charge >= 0.3 is 0 Å². The zero-order valence-corrected chi connectivity index (χ0v) is 12.1. The molecule has 102 valence electrons. The van der Waals surface area contributed by atoms with E-state index in [1.807, 2.05) is 48.0 Å². The van der Waals surface area contributed by atoms with Gasteiger partial charge in [-0.05, 0) is 19.1 Å². The topological polar surface area (TPSA) is 27.1 Å². The third-order valence-corrected chi connectivity index (χ3v) is 2.81. The highest BCUT2D eigenvalue weighted by Crippen LogP contribution is 2.19. The quantitative estimate of drug-likeness (QED) is 0.771. The molecule has 4 heteroatoms. The second-order valence-corrected chi connectivity index (χ2v) is 5.73. The number of aryl methyl sites for hydroxylation is 1. The SMILES string of the molecule is Cc1cc(OCC[N+](C)(C)C)n(-c2ccccc2)n1. The molecular formula is C15H22N3O+. The van der Waals surface area contributed by atoms with E-state index in [2.05, 4.69) is 26.2 Å². The van der Waals surface area contributed by atoms with Crippen molar-refractivity contribution >= 4 is 0 Å². The fraction of sp³-hybridized carbons (Fsp3) is 0.400. The summed E-state index contributed by atoms with van der Waals surface area (Å²) in [7, 11) is 6.47. The summed E-state index contributed by atoms with van der Waals surface area (Å²) in [5.74, 6) is 0.803. The van der Waals surface area contributed by atoms with Crippen LogP contribution in [-0.4, -0.2) is 48.6 Å². The number of rotatable bonds is 5. The highest BCUT2D eigenvalue weighted by molar-refractivity contribution is 5.35. The van der Waals surface area contributed by atoms with Crippen LogP contribution in [0.3, 0.4) is 0 Å². The van der Waals surface area contributed by atoms with Crippen molar-refractivity contribution in [3.05, 3.63) is 42.1 Å². The van der Waals surface area contributed by atoms with Gasteiger partial charge in [0.15, 0.2) is 0 Å². The molecule has 0 saturated carbocycles. The summed E-state index contributed by atoms with van der Waals surface area (Å²) in [4.78, 5) is 0. The Bertz CT molecular complexity index is 526. The van der Waals surface area contributed by atoms with Crippen molar-refractivity contribution in [2.45, 2.75) is 6.92 Å². The van der Waals surface area contributed by atoms with Gasteiger partial charge in [0.1, 0.15) is 13.2 Å². The standard InChI is InChI=1S/C15H22N3O/c1-13-12-15(19-11-10-18(2,3)4)17(16-13)14-8-6-5-7-9-14/h5-9,12H,10-11H2,1-4H3/q+1. The van der Waals surface area contributed by atoms with Crippen LogP contribution < -0.4 is 4.74 Å². The summed E-state index contributed by atoms with van der Waals surface area (Å²) >= 11 is 0. The Morgan fingerprint density at radius 2 is 1.84 bits per heavy atom. The monoisotopic (exact) mass is 260 g/mol. The third kappa shape index (κ3) is 3.83. The Morgan fingerprint density at radius 1 is 1.16 bits per heavy atom. The van der Waals surface area contributed by atoms with Gasteiger partial charge in [0, 0.05) is 6.07 Å². The Hall–Kier alpha value is -1.81. The summed E-state index contributed by atoms with van der Waals surface area (Å²) in [5, 5.41) is 4.48. The van der Waals surface area contributed by atoms with E-state index in [0.717, 1.165) is 28.3 Å². The lowest BCUT2D eigenvalue weighted by Gasteiger charge is -2.23. The van der Waals surface area contributed by atoms with E-state index in [9.17, 15) is 0 Å². The highest BCUT2D eigenvalue weighted by atomic mass is 16.5. The fourth-order valence-electron chi connectivity index (χ4n) is 1.76. The number of quaternary nitrogens is 1. The summed E-state index contributed by atoms with van der Waals surface area (Å²) in [6, 6.07) is 12.0. The number of likely N-dealkylation sites (N-methyl/N-ethyl adjacent to an activating group) is 1. The lowest BCUT2D eigenvalue weighted by molar-refractivity contribution is -0.870. The van der Waals surface area contributed by atoms with Crippen LogP contribution in [-0.2, 0) is 0 Å². The molecule has 0 spiro atoms. The smallest absolute Gasteiger partial charge is 0.217 e. The van der Waals surface area contributed by atoms with E-state index < -0.39 is 0 Å². The van der Waals surface area contributed by atoms with Gasteiger partial charge in [-0.2, -0.15) is 5.10 Å². The van der Waals surface area contributed by atoms with Gasteiger partial charge in [-0.1, -0.05) is 18.2 Å². The van der Waals surface area contributed by atoms with E-state index in [1.54, 1.807) is 0 Å². The van der Waals surface area contributed by atoms with E-state index in [4.69, 9.17) is 4.74 Å². The molecule has 0 aliphatic carbocycles. The number of ether oxygens (including phenoxy) is 1. The first kappa shape index (κ1) is 13.6. The molecule has 1 aromatic heterocycles. The molecule has 0 N–H and O–H groups in total. The van der Waals surface area contributed by atoms with Crippen molar-refractivity contribution in [2.24, 2.45) is 0 Å². The highest BCUT2D eigenvalue weighted by Gasteiger charge is 2.11. The number of benzene rings is 1. The number of para-hydroxylation sites is 1. The van der Waals surface area contributed by atoms with E-state index >= 15 is 0 Å². The number of hydrogen-bond acceptors (Lipinski definition) is 2. The van der Waals surface area contributed by atoms with Gasteiger partial charge in [-0.15, -0.1) is 0 Å². The average Bonchev–Trinajstić information content (AvgIpc) is 2.70. The minimum Gasteiger partial charge on any atom is -0.472 e. The van der Waals surface area contributed by atoms with E-state index in [-0.39, 0.29) is 0 Å². The van der Waals surface area contributed by atoms with Crippen LogP contribution in [0.1, 0.15) is 5.69 Å². The molecule has 1 heterocycles. The molecular weight excluding hydrogens is 238 g/mol. The maximum atomic E-state index is 5.87. The molecule has 0 unspecified atom stereocenters. The lowest BCUT2D eigenvalue weighted by atomic mass is 10.3. The summed E-state index contributed by atoms with van der Waals surface area (Å²) in [5.41, 5.74) is 1.99.